The number of allylic oxidation sites excluding steroid dienone is 4. The molecule has 0 radical (unpaired) electrons. The Bertz CT molecular complexity index is 908. The second-order valence-electron chi connectivity index (χ2n) is 10.7. The zero-order valence-corrected chi connectivity index (χ0v) is 19.3. The molecule has 33 heavy (non-hydrogen) atoms. The van der Waals surface area contributed by atoms with Gasteiger partial charge < -0.3 is 14.8 Å². The molecule has 3 atom stereocenters. The van der Waals surface area contributed by atoms with E-state index in [4.69, 9.17) is 0 Å². The van der Waals surface area contributed by atoms with Crippen LogP contribution in [-0.2, 0) is 4.79 Å². The van der Waals surface area contributed by atoms with Gasteiger partial charge in [-0.15, -0.1) is 0 Å². The van der Waals surface area contributed by atoms with E-state index in [9.17, 15) is 9.90 Å². The van der Waals surface area contributed by atoms with Gasteiger partial charge in [0, 0.05) is 43.5 Å². The molecule has 4 aliphatic rings. The molecular formula is C28H35F2NO2. The quantitative estimate of drug-likeness (QED) is 0.496. The molecule has 1 aromatic carbocycles. The third kappa shape index (κ3) is 4.61. The normalized spacial score (nSPS) is 30.5. The molecule has 1 N–H and O–H groups in total. The Balaban J connectivity index is 1.43. The van der Waals surface area contributed by atoms with Crippen molar-refractivity contribution in [3.05, 3.63) is 53.3 Å². The van der Waals surface area contributed by atoms with Crippen molar-refractivity contribution >= 4 is 12.0 Å². The van der Waals surface area contributed by atoms with Crippen LogP contribution in [0.25, 0.3) is 0 Å². The summed E-state index contributed by atoms with van der Waals surface area (Å²) in [4.78, 5) is 13.4. The predicted octanol–water partition coefficient (Wildman–Crippen LogP) is 6.81. The number of benzene rings is 1. The predicted molar refractivity (Wildman–Crippen MR) is 127 cm³/mol. The van der Waals surface area contributed by atoms with Gasteiger partial charge in [-0.3, -0.25) is 0 Å². The Kier molecular flexibility index (Phi) is 6.32. The van der Waals surface area contributed by atoms with Crippen LogP contribution in [0.4, 0.5) is 14.5 Å². The Morgan fingerprint density at radius 1 is 1.03 bits per heavy atom. The van der Waals surface area contributed by atoms with Gasteiger partial charge in [-0.25, -0.2) is 8.78 Å². The van der Waals surface area contributed by atoms with Crippen LogP contribution in [0.15, 0.2) is 47.7 Å². The Labute approximate surface area is 195 Å². The van der Waals surface area contributed by atoms with Gasteiger partial charge in [-0.2, -0.15) is 0 Å². The fraction of sp³-hybridized carbons (Fsp3) is 0.607. The lowest BCUT2D eigenvalue weighted by Crippen LogP contribution is -2.43. The molecular weight excluding hydrogens is 420 g/mol. The number of hydrogen-bond acceptors (Lipinski definition) is 3. The molecule has 1 aromatic rings. The summed E-state index contributed by atoms with van der Waals surface area (Å²) >= 11 is 0. The van der Waals surface area contributed by atoms with E-state index in [2.05, 4.69) is 29.2 Å². The van der Waals surface area contributed by atoms with Crippen LogP contribution in [0.5, 0.6) is 0 Å². The number of hydrogen-bond donors (Lipinski definition) is 1. The summed E-state index contributed by atoms with van der Waals surface area (Å²) in [5, 5.41) is 10.0. The molecule has 3 fully saturated rings. The molecule has 1 aliphatic heterocycles. The fourth-order valence-electron chi connectivity index (χ4n) is 6.84. The molecule has 1 heterocycles. The van der Waals surface area contributed by atoms with Gasteiger partial charge in [-0.05, 0) is 54.9 Å². The molecule has 0 aromatic heterocycles. The van der Waals surface area contributed by atoms with Gasteiger partial charge in [0.1, 0.15) is 6.29 Å². The zero-order chi connectivity index (χ0) is 23.0. The summed E-state index contributed by atoms with van der Waals surface area (Å²) in [5.74, 6) is -3.00. The monoisotopic (exact) mass is 455 g/mol. The van der Waals surface area contributed by atoms with Crippen LogP contribution < -0.4 is 4.90 Å². The number of fused-ring (bicyclic) bond motifs is 1. The molecule has 5 heteroatoms. The summed E-state index contributed by atoms with van der Waals surface area (Å²) in [6.45, 7) is 1.75. The number of aliphatic hydroxyl groups excluding tert-OH is 1. The molecule has 1 unspecified atom stereocenters. The lowest BCUT2D eigenvalue weighted by atomic mass is 9.62. The van der Waals surface area contributed by atoms with E-state index < -0.39 is 11.8 Å². The van der Waals surface area contributed by atoms with E-state index in [1.807, 2.05) is 0 Å². The van der Waals surface area contributed by atoms with Gasteiger partial charge >= 0.3 is 0 Å². The van der Waals surface area contributed by atoms with Crippen molar-refractivity contribution in [2.75, 3.05) is 18.0 Å². The van der Waals surface area contributed by atoms with E-state index in [-0.39, 0.29) is 36.4 Å². The average molecular weight is 456 g/mol. The van der Waals surface area contributed by atoms with E-state index in [0.29, 0.717) is 5.92 Å². The van der Waals surface area contributed by atoms with Crippen LogP contribution in [0, 0.1) is 23.7 Å². The van der Waals surface area contributed by atoms with Gasteiger partial charge in [0.15, 0.2) is 0 Å². The molecule has 178 valence electrons. The van der Waals surface area contributed by atoms with Crippen molar-refractivity contribution in [2.45, 2.75) is 69.6 Å². The Morgan fingerprint density at radius 3 is 2.39 bits per heavy atom. The van der Waals surface area contributed by atoms with Crippen molar-refractivity contribution in [3.8, 4) is 0 Å². The number of carbonyl (C=O) groups excluding carboxylic acids is 1. The molecule has 1 saturated heterocycles. The Hall–Kier alpha value is -2.17. The summed E-state index contributed by atoms with van der Waals surface area (Å²) in [6, 6.07) is 8.52. The SMILES string of the molecule is O=CC1CCN(c2ccc([C@@H]3C4=CC=C(O)CC4C(F)(F)C[C@@H]3CC3CCCC3)cc2)CC1. The molecule has 0 bridgehead atoms. The molecule has 2 saturated carbocycles. The second kappa shape index (κ2) is 9.23. The highest BCUT2D eigenvalue weighted by Crippen LogP contribution is 2.56. The summed E-state index contributed by atoms with van der Waals surface area (Å²) < 4.78 is 30.6. The van der Waals surface area contributed by atoms with Crippen molar-refractivity contribution in [1.29, 1.82) is 0 Å². The molecule has 0 amide bonds. The van der Waals surface area contributed by atoms with E-state index in [1.165, 1.54) is 12.8 Å². The lowest BCUT2D eigenvalue weighted by Gasteiger charge is -2.45. The number of anilines is 1. The van der Waals surface area contributed by atoms with Crippen LogP contribution in [0.1, 0.15) is 69.3 Å². The fourth-order valence-corrected chi connectivity index (χ4v) is 6.84. The first-order valence-electron chi connectivity index (χ1n) is 12.7. The first-order valence-corrected chi connectivity index (χ1v) is 12.7. The summed E-state index contributed by atoms with van der Waals surface area (Å²) in [6.07, 6.45) is 11.8. The minimum Gasteiger partial charge on any atom is -0.512 e. The first kappa shape index (κ1) is 22.6. The highest BCUT2D eigenvalue weighted by molar-refractivity contribution is 5.56. The molecule has 3 aliphatic carbocycles. The maximum atomic E-state index is 15.3. The van der Waals surface area contributed by atoms with Crippen molar-refractivity contribution in [3.63, 3.8) is 0 Å². The first-order chi connectivity index (χ1) is 15.9. The maximum Gasteiger partial charge on any atom is 0.255 e. The van der Waals surface area contributed by atoms with Crippen molar-refractivity contribution in [1.82, 2.24) is 0 Å². The zero-order valence-electron chi connectivity index (χ0n) is 19.3. The number of carbonyl (C=O) groups is 1. The van der Waals surface area contributed by atoms with Crippen LogP contribution in [0.2, 0.25) is 0 Å². The number of nitrogens with zero attached hydrogens (tertiary/aromatic N) is 1. The van der Waals surface area contributed by atoms with Crippen molar-refractivity contribution < 1.29 is 18.7 Å². The molecule has 5 rings (SSSR count). The average Bonchev–Trinajstić information content (AvgIpc) is 3.33. The smallest absolute Gasteiger partial charge is 0.255 e. The van der Waals surface area contributed by atoms with Gasteiger partial charge in [0.25, 0.3) is 5.92 Å². The second-order valence-corrected chi connectivity index (χ2v) is 10.7. The summed E-state index contributed by atoms with van der Waals surface area (Å²) in [5.41, 5.74) is 3.06. The number of aliphatic hydroxyl groups is 1. The minimum absolute atomic E-state index is 0.0191. The van der Waals surface area contributed by atoms with E-state index in [0.717, 1.165) is 68.3 Å². The van der Waals surface area contributed by atoms with E-state index in [1.54, 1.807) is 12.2 Å². The van der Waals surface area contributed by atoms with Gasteiger partial charge in [0.05, 0.1) is 11.7 Å². The van der Waals surface area contributed by atoms with Crippen LogP contribution in [0.3, 0.4) is 0 Å². The molecule has 3 nitrogen and oxygen atoms in total. The number of halogens is 2. The third-order valence-electron chi connectivity index (χ3n) is 8.62. The minimum atomic E-state index is -2.78. The largest absolute Gasteiger partial charge is 0.512 e. The van der Waals surface area contributed by atoms with Gasteiger partial charge in [0.2, 0.25) is 0 Å². The summed E-state index contributed by atoms with van der Waals surface area (Å²) in [7, 11) is 0. The van der Waals surface area contributed by atoms with Gasteiger partial charge in [-0.1, -0.05) is 49.5 Å². The van der Waals surface area contributed by atoms with Crippen molar-refractivity contribution in [2.24, 2.45) is 23.7 Å². The number of piperidine rings is 1. The third-order valence-corrected chi connectivity index (χ3v) is 8.62. The molecule has 0 spiro atoms. The topological polar surface area (TPSA) is 40.5 Å². The standard InChI is InChI=1S/C28H35F2NO2/c29-28(30)17-22(15-19-3-1-2-4-19)27(25-10-9-24(33)16-26(25)28)21-5-7-23(8-6-21)31-13-11-20(18-32)12-14-31/h5-10,18-20,22,26-27,33H,1-4,11-17H2/t22-,26?,27-/m0/s1. The van der Waals surface area contributed by atoms with Crippen LogP contribution in [-0.4, -0.2) is 30.4 Å². The Morgan fingerprint density at radius 2 is 1.73 bits per heavy atom. The van der Waals surface area contributed by atoms with Crippen LogP contribution >= 0.6 is 0 Å². The number of alkyl halides is 2. The highest BCUT2D eigenvalue weighted by Gasteiger charge is 2.53. The number of rotatable bonds is 5. The lowest BCUT2D eigenvalue weighted by molar-refractivity contribution is -0.111. The number of aldehydes is 1. The maximum absolute atomic E-state index is 15.3. The van der Waals surface area contributed by atoms with E-state index >= 15 is 8.78 Å². The highest BCUT2D eigenvalue weighted by atomic mass is 19.3.